The van der Waals surface area contributed by atoms with Gasteiger partial charge in [-0.15, -0.1) is 0 Å². The number of anilines is 1. The fourth-order valence-electron chi connectivity index (χ4n) is 3.99. The Morgan fingerprint density at radius 2 is 1.68 bits per heavy atom. The molecule has 0 aliphatic carbocycles. The van der Waals surface area contributed by atoms with E-state index in [-0.39, 0.29) is 22.8 Å². The summed E-state index contributed by atoms with van der Waals surface area (Å²) in [6.45, 7) is 5.96. The van der Waals surface area contributed by atoms with Crippen LogP contribution in [0.5, 0.6) is 0 Å². The average Bonchev–Trinajstić information content (AvgIpc) is 3.18. The molecule has 2 heterocycles. The molecule has 0 aliphatic rings. The van der Waals surface area contributed by atoms with Gasteiger partial charge in [0.05, 0.1) is 11.4 Å². The molecule has 0 fully saturated rings. The first-order chi connectivity index (χ1) is 16.4. The average molecular weight is 470 g/mol. The number of benzene rings is 3. The van der Waals surface area contributed by atoms with Crippen LogP contribution in [0.15, 0.2) is 81.1 Å². The number of carbonyl (C=O) groups is 1. The van der Waals surface area contributed by atoms with Crippen molar-refractivity contribution < 1.29 is 9.21 Å². The Kier molecular flexibility index (Phi) is 5.71. The summed E-state index contributed by atoms with van der Waals surface area (Å²) in [5, 5.41) is 4.11. The van der Waals surface area contributed by atoms with Crippen LogP contribution in [0.1, 0.15) is 16.7 Å². The van der Waals surface area contributed by atoms with E-state index < -0.39 is 0 Å². The molecule has 7 heteroatoms. The van der Waals surface area contributed by atoms with Crippen LogP contribution in [0.4, 0.5) is 5.69 Å². The zero-order valence-corrected chi connectivity index (χ0v) is 19.9. The maximum atomic E-state index is 13.6. The number of hydrogen-bond acceptors (Lipinski definition) is 5. The highest BCUT2D eigenvalue weighted by molar-refractivity contribution is 7.99. The number of thioether (sulfide) groups is 1. The number of para-hydroxylation sites is 1. The molecule has 0 saturated heterocycles. The summed E-state index contributed by atoms with van der Waals surface area (Å²) < 4.78 is 7.43. The molecule has 0 atom stereocenters. The molecule has 34 heavy (non-hydrogen) atoms. The number of hydrogen-bond donors (Lipinski definition) is 1. The highest BCUT2D eigenvalue weighted by atomic mass is 32.2. The van der Waals surface area contributed by atoms with Crippen LogP contribution < -0.4 is 10.9 Å². The number of rotatable bonds is 5. The van der Waals surface area contributed by atoms with Gasteiger partial charge in [0.25, 0.3) is 0 Å². The van der Waals surface area contributed by atoms with E-state index in [0.29, 0.717) is 21.9 Å². The summed E-state index contributed by atoms with van der Waals surface area (Å²) in [5.41, 5.74) is 5.61. The predicted octanol–water partition coefficient (Wildman–Crippen LogP) is 5.79. The van der Waals surface area contributed by atoms with E-state index in [2.05, 4.69) is 5.32 Å². The first-order valence-corrected chi connectivity index (χ1v) is 11.9. The minimum absolute atomic E-state index is 0.104. The van der Waals surface area contributed by atoms with Gasteiger partial charge in [0.1, 0.15) is 11.1 Å². The molecule has 3 aromatic carbocycles. The van der Waals surface area contributed by atoms with Gasteiger partial charge in [-0.3, -0.25) is 14.2 Å². The van der Waals surface area contributed by atoms with Crippen molar-refractivity contribution >= 4 is 45.4 Å². The Bertz CT molecular complexity index is 1580. The highest BCUT2D eigenvalue weighted by Crippen LogP contribution is 2.29. The van der Waals surface area contributed by atoms with E-state index in [1.54, 1.807) is 0 Å². The van der Waals surface area contributed by atoms with Crippen molar-refractivity contribution in [1.82, 2.24) is 9.55 Å². The fourth-order valence-corrected chi connectivity index (χ4v) is 4.80. The SMILES string of the molecule is Cc1ccc(NC(=O)CSc2nc3c(oc4ccccc43)c(=O)n2-c2cc(C)cc(C)c2)cc1. The molecular weight excluding hydrogens is 446 g/mol. The van der Waals surface area contributed by atoms with Gasteiger partial charge in [0.2, 0.25) is 11.5 Å². The van der Waals surface area contributed by atoms with E-state index in [9.17, 15) is 9.59 Å². The Morgan fingerprint density at radius 3 is 2.41 bits per heavy atom. The molecule has 0 bridgehead atoms. The topological polar surface area (TPSA) is 77.1 Å². The summed E-state index contributed by atoms with van der Waals surface area (Å²) in [4.78, 5) is 31.1. The number of furan rings is 1. The lowest BCUT2D eigenvalue weighted by molar-refractivity contribution is -0.113. The van der Waals surface area contributed by atoms with E-state index >= 15 is 0 Å². The molecule has 0 unspecified atom stereocenters. The van der Waals surface area contributed by atoms with E-state index in [1.165, 1.54) is 16.3 Å². The molecule has 5 rings (SSSR count). The molecule has 2 aromatic heterocycles. The van der Waals surface area contributed by atoms with Gasteiger partial charge in [-0.05, 0) is 68.3 Å². The Labute approximate surface area is 200 Å². The molecule has 170 valence electrons. The Morgan fingerprint density at radius 1 is 0.971 bits per heavy atom. The normalized spacial score (nSPS) is 11.3. The Hall–Kier alpha value is -3.84. The summed E-state index contributed by atoms with van der Waals surface area (Å²) in [6, 6.07) is 21.0. The Balaban J connectivity index is 1.58. The minimum atomic E-state index is -0.298. The van der Waals surface area contributed by atoms with Crippen molar-refractivity contribution in [1.29, 1.82) is 0 Å². The molecular formula is C27H23N3O3S. The third kappa shape index (κ3) is 4.22. The lowest BCUT2D eigenvalue weighted by atomic mass is 10.1. The minimum Gasteiger partial charge on any atom is -0.448 e. The quantitative estimate of drug-likeness (QED) is 0.260. The van der Waals surface area contributed by atoms with Gasteiger partial charge in [0.15, 0.2) is 5.16 Å². The van der Waals surface area contributed by atoms with Crippen LogP contribution >= 0.6 is 11.8 Å². The third-order valence-electron chi connectivity index (χ3n) is 5.50. The van der Waals surface area contributed by atoms with Gasteiger partial charge in [-0.25, -0.2) is 4.98 Å². The van der Waals surface area contributed by atoms with E-state index in [1.807, 2.05) is 87.5 Å². The lowest BCUT2D eigenvalue weighted by Crippen LogP contribution is -2.22. The van der Waals surface area contributed by atoms with Crippen molar-refractivity contribution in [2.45, 2.75) is 25.9 Å². The monoisotopic (exact) mass is 469 g/mol. The zero-order chi connectivity index (χ0) is 23.8. The molecule has 6 nitrogen and oxygen atoms in total. The molecule has 1 N–H and O–H groups in total. The standard InChI is InChI=1S/C27H23N3O3S/c1-16-8-10-19(11-9-16)28-23(31)15-34-27-29-24-21-6-4-5-7-22(21)33-25(24)26(32)30(27)20-13-17(2)12-18(3)14-20/h4-14H,15H2,1-3H3,(H,28,31). The molecule has 1 amide bonds. The van der Waals surface area contributed by atoms with Crippen molar-refractivity contribution in [2.75, 3.05) is 11.1 Å². The number of nitrogens with one attached hydrogen (secondary N) is 1. The van der Waals surface area contributed by atoms with Crippen molar-refractivity contribution in [3.63, 3.8) is 0 Å². The molecule has 0 spiro atoms. The largest absolute Gasteiger partial charge is 0.448 e. The highest BCUT2D eigenvalue weighted by Gasteiger charge is 2.20. The zero-order valence-electron chi connectivity index (χ0n) is 19.1. The summed E-state index contributed by atoms with van der Waals surface area (Å²) in [6.07, 6.45) is 0. The first-order valence-electron chi connectivity index (χ1n) is 10.9. The first kappa shape index (κ1) is 22.0. The number of fused-ring (bicyclic) bond motifs is 3. The molecule has 0 saturated carbocycles. The lowest BCUT2D eigenvalue weighted by Gasteiger charge is -2.13. The maximum absolute atomic E-state index is 13.6. The maximum Gasteiger partial charge on any atom is 0.302 e. The summed E-state index contributed by atoms with van der Waals surface area (Å²) in [7, 11) is 0. The molecule has 5 aromatic rings. The second-order valence-electron chi connectivity index (χ2n) is 8.36. The predicted molar refractivity (Wildman–Crippen MR) is 137 cm³/mol. The van der Waals surface area contributed by atoms with Crippen LogP contribution in [0.25, 0.3) is 27.8 Å². The summed E-state index contributed by atoms with van der Waals surface area (Å²) >= 11 is 1.22. The van der Waals surface area contributed by atoms with Gasteiger partial charge in [-0.2, -0.15) is 0 Å². The number of carbonyl (C=O) groups excluding carboxylic acids is 1. The second-order valence-corrected chi connectivity index (χ2v) is 9.30. The summed E-state index contributed by atoms with van der Waals surface area (Å²) in [5.74, 6) is -0.0703. The number of amides is 1. The van der Waals surface area contributed by atoms with Crippen LogP contribution in [0.2, 0.25) is 0 Å². The van der Waals surface area contributed by atoms with Crippen molar-refractivity contribution in [3.8, 4) is 5.69 Å². The number of aromatic nitrogens is 2. The smallest absolute Gasteiger partial charge is 0.302 e. The van der Waals surface area contributed by atoms with Crippen molar-refractivity contribution in [2.24, 2.45) is 0 Å². The van der Waals surface area contributed by atoms with Crippen LogP contribution in [0.3, 0.4) is 0 Å². The van der Waals surface area contributed by atoms with E-state index in [4.69, 9.17) is 9.40 Å². The van der Waals surface area contributed by atoms with Crippen LogP contribution in [-0.4, -0.2) is 21.2 Å². The van der Waals surface area contributed by atoms with Gasteiger partial charge < -0.3 is 9.73 Å². The molecule has 0 radical (unpaired) electrons. The molecule has 0 aliphatic heterocycles. The second kappa shape index (κ2) is 8.83. The van der Waals surface area contributed by atoms with Gasteiger partial charge in [-0.1, -0.05) is 47.7 Å². The van der Waals surface area contributed by atoms with Gasteiger partial charge in [0, 0.05) is 11.1 Å². The fraction of sp³-hybridized carbons (Fsp3) is 0.148. The van der Waals surface area contributed by atoms with Crippen molar-refractivity contribution in [3.05, 3.63) is 93.8 Å². The third-order valence-corrected chi connectivity index (χ3v) is 6.44. The van der Waals surface area contributed by atoms with E-state index in [0.717, 1.165) is 27.8 Å². The number of nitrogens with zero attached hydrogens (tertiary/aromatic N) is 2. The van der Waals surface area contributed by atoms with Gasteiger partial charge >= 0.3 is 5.56 Å². The van der Waals surface area contributed by atoms with Crippen LogP contribution in [-0.2, 0) is 4.79 Å². The van der Waals surface area contributed by atoms with Crippen LogP contribution in [0, 0.1) is 20.8 Å². The number of aryl methyl sites for hydroxylation is 3.